The minimum atomic E-state index is -1.40. The summed E-state index contributed by atoms with van der Waals surface area (Å²) in [5.41, 5.74) is 1.79. The molecule has 0 unspecified atom stereocenters. The van der Waals surface area contributed by atoms with Crippen LogP contribution in [0.25, 0.3) is 10.9 Å². The van der Waals surface area contributed by atoms with Gasteiger partial charge in [0.05, 0.1) is 37.2 Å². The predicted molar refractivity (Wildman–Crippen MR) is 130 cm³/mol. The Morgan fingerprint density at radius 3 is 2.92 bits per heavy atom. The van der Waals surface area contributed by atoms with Crippen molar-refractivity contribution in [3.05, 3.63) is 54.0 Å². The quantitative estimate of drug-likeness (QED) is 0.354. The Hall–Kier alpha value is -4.00. The van der Waals surface area contributed by atoms with E-state index >= 15 is 0 Å². The van der Waals surface area contributed by atoms with Crippen molar-refractivity contribution >= 4 is 34.3 Å². The molecule has 3 aromatic rings. The molecule has 37 heavy (non-hydrogen) atoms. The molecular formula is C25H25FN4O7. The second kappa shape index (κ2) is 10.2. The SMILES string of the molecule is COc1ccc2ncc(F)c(CNC[C@@H](O)[C@H](O)[C@H]3CN(c4ccc5c(c4)NC(=O)CO5)C(=O)O3)c2c1. The van der Waals surface area contributed by atoms with Gasteiger partial charge < -0.3 is 35.1 Å². The van der Waals surface area contributed by atoms with E-state index in [9.17, 15) is 24.2 Å². The van der Waals surface area contributed by atoms with E-state index in [0.717, 1.165) is 6.20 Å². The number of cyclic esters (lactones) is 1. The van der Waals surface area contributed by atoms with Gasteiger partial charge in [-0.1, -0.05) is 0 Å². The minimum Gasteiger partial charge on any atom is -0.497 e. The maximum atomic E-state index is 14.5. The number of aliphatic hydroxyl groups excluding tert-OH is 2. The van der Waals surface area contributed by atoms with Gasteiger partial charge in [-0.25, -0.2) is 9.18 Å². The Morgan fingerprint density at radius 1 is 1.27 bits per heavy atom. The summed E-state index contributed by atoms with van der Waals surface area (Å²) < 4.78 is 30.3. The molecule has 1 saturated heterocycles. The third kappa shape index (κ3) is 4.99. The van der Waals surface area contributed by atoms with Gasteiger partial charge >= 0.3 is 6.09 Å². The largest absolute Gasteiger partial charge is 0.497 e. The van der Waals surface area contributed by atoms with Crippen LogP contribution in [0.2, 0.25) is 0 Å². The molecule has 0 bridgehead atoms. The number of halogens is 1. The van der Waals surface area contributed by atoms with Crippen molar-refractivity contribution in [3.8, 4) is 11.5 Å². The minimum absolute atomic E-state index is 0.0198. The monoisotopic (exact) mass is 512 g/mol. The average molecular weight is 512 g/mol. The number of nitrogens with zero attached hydrogens (tertiary/aromatic N) is 2. The first-order valence-electron chi connectivity index (χ1n) is 11.6. The van der Waals surface area contributed by atoms with Crippen LogP contribution in [0.15, 0.2) is 42.6 Å². The van der Waals surface area contributed by atoms with Crippen LogP contribution in [0, 0.1) is 5.82 Å². The van der Waals surface area contributed by atoms with E-state index < -0.39 is 30.2 Å². The lowest BCUT2D eigenvalue weighted by Gasteiger charge is -2.23. The molecule has 1 aromatic heterocycles. The van der Waals surface area contributed by atoms with Crippen LogP contribution >= 0.6 is 0 Å². The number of rotatable bonds is 8. The highest BCUT2D eigenvalue weighted by Crippen LogP contribution is 2.34. The van der Waals surface area contributed by atoms with E-state index in [0.29, 0.717) is 39.3 Å². The molecule has 5 rings (SSSR count). The van der Waals surface area contributed by atoms with E-state index in [4.69, 9.17) is 14.2 Å². The Bertz CT molecular complexity index is 1350. The summed E-state index contributed by atoms with van der Waals surface area (Å²) in [5, 5.41) is 27.4. The summed E-state index contributed by atoms with van der Waals surface area (Å²) >= 11 is 0. The number of ether oxygens (including phenoxy) is 3. The zero-order valence-electron chi connectivity index (χ0n) is 19.8. The molecule has 1 fully saturated rings. The number of carbonyl (C=O) groups is 2. The number of benzene rings is 2. The van der Waals surface area contributed by atoms with E-state index in [1.54, 1.807) is 36.4 Å². The normalized spacial score (nSPS) is 18.6. The first-order valence-corrected chi connectivity index (χ1v) is 11.6. The van der Waals surface area contributed by atoms with Crippen molar-refractivity contribution in [2.45, 2.75) is 24.9 Å². The molecule has 4 N–H and O–H groups in total. The van der Waals surface area contributed by atoms with Crippen molar-refractivity contribution in [2.24, 2.45) is 0 Å². The van der Waals surface area contributed by atoms with Crippen molar-refractivity contribution in [1.29, 1.82) is 0 Å². The fourth-order valence-corrected chi connectivity index (χ4v) is 4.33. The van der Waals surface area contributed by atoms with Crippen molar-refractivity contribution in [1.82, 2.24) is 10.3 Å². The molecule has 2 aromatic carbocycles. The smallest absolute Gasteiger partial charge is 0.414 e. The fourth-order valence-electron chi connectivity index (χ4n) is 4.33. The molecule has 0 radical (unpaired) electrons. The standard InChI is InChI=1S/C25H25FN4O7/c1-35-14-3-4-18-15(7-14)16(17(26)9-28-18)8-27-10-20(31)24(33)22-11-30(25(34)37-22)13-2-5-21-19(6-13)29-23(32)12-36-21/h2-7,9,20,22,24,27,31,33H,8,10-12H2,1H3,(H,29,32)/t20-,22-,24+/m1/s1. The number of amides is 2. The predicted octanol–water partition coefficient (Wildman–Crippen LogP) is 1.55. The van der Waals surface area contributed by atoms with Gasteiger partial charge in [-0.3, -0.25) is 14.7 Å². The third-order valence-electron chi connectivity index (χ3n) is 6.31. The second-order valence-corrected chi connectivity index (χ2v) is 8.71. The lowest BCUT2D eigenvalue weighted by atomic mass is 10.1. The van der Waals surface area contributed by atoms with Crippen LogP contribution in [0.4, 0.5) is 20.6 Å². The Morgan fingerprint density at radius 2 is 2.11 bits per heavy atom. The molecule has 12 heteroatoms. The van der Waals surface area contributed by atoms with Gasteiger partial charge in [-0.05, 0) is 36.4 Å². The van der Waals surface area contributed by atoms with E-state index in [2.05, 4.69) is 15.6 Å². The third-order valence-corrected chi connectivity index (χ3v) is 6.31. The first kappa shape index (κ1) is 24.7. The number of anilines is 2. The van der Waals surface area contributed by atoms with Crippen LogP contribution in [0.3, 0.4) is 0 Å². The summed E-state index contributed by atoms with van der Waals surface area (Å²) in [4.78, 5) is 29.4. The summed E-state index contributed by atoms with van der Waals surface area (Å²) in [7, 11) is 1.51. The highest BCUT2D eigenvalue weighted by atomic mass is 19.1. The van der Waals surface area contributed by atoms with Crippen molar-refractivity contribution < 1.29 is 38.4 Å². The topological polar surface area (TPSA) is 142 Å². The number of aliphatic hydroxyl groups is 2. The molecule has 11 nitrogen and oxygen atoms in total. The van der Waals surface area contributed by atoms with Gasteiger partial charge in [0.1, 0.15) is 23.4 Å². The number of aromatic nitrogens is 1. The molecule has 2 amide bonds. The van der Waals surface area contributed by atoms with E-state index in [1.165, 1.54) is 12.0 Å². The number of hydrogen-bond donors (Lipinski definition) is 4. The van der Waals surface area contributed by atoms with Gasteiger partial charge in [-0.15, -0.1) is 0 Å². The molecule has 3 heterocycles. The van der Waals surface area contributed by atoms with Crippen LogP contribution in [-0.2, 0) is 16.1 Å². The Kier molecular flexibility index (Phi) is 6.78. The van der Waals surface area contributed by atoms with E-state index in [1.807, 2.05) is 0 Å². The summed E-state index contributed by atoms with van der Waals surface area (Å²) in [5.74, 6) is 0.204. The van der Waals surface area contributed by atoms with Gasteiger partial charge in [0, 0.05) is 29.7 Å². The van der Waals surface area contributed by atoms with Gasteiger partial charge in [0.2, 0.25) is 0 Å². The number of hydrogen-bond acceptors (Lipinski definition) is 9. The van der Waals surface area contributed by atoms with Gasteiger partial charge in [0.15, 0.2) is 12.7 Å². The average Bonchev–Trinajstić information content (AvgIpc) is 3.29. The number of carbonyl (C=O) groups excluding carboxylic acids is 2. The number of nitrogens with one attached hydrogen (secondary N) is 2. The maximum Gasteiger partial charge on any atom is 0.414 e. The Labute approximate surface area is 210 Å². The molecule has 3 atom stereocenters. The van der Waals surface area contributed by atoms with Crippen LogP contribution < -0.4 is 25.0 Å². The molecule has 0 spiro atoms. The van der Waals surface area contributed by atoms with E-state index in [-0.39, 0.29) is 32.1 Å². The Balaban J connectivity index is 1.21. The highest BCUT2D eigenvalue weighted by molar-refractivity contribution is 5.97. The number of methoxy groups -OCH3 is 1. The lowest BCUT2D eigenvalue weighted by Crippen LogP contribution is -2.44. The zero-order valence-corrected chi connectivity index (χ0v) is 19.8. The first-order chi connectivity index (χ1) is 17.8. The second-order valence-electron chi connectivity index (χ2n) is 8.71. The van der Waals surface area contributed by atoms with Crippen molar-refractivity contribution in [3.63, 3.8) is 0 Å². The number of pyridine rings is 1. The maximum absolute atomic E-state index is 14.5. The molecular weight excluding hydrogens is 487 g/mol. The lowest BCUT2D eigenvalue weighted by molar-refractivity contribution is -0.118. The summed E-state index contributed by atoms with van der Waals surface area (Å²) in [6.07, 6.45) is -3.29. The summed E-state index contributed by atoms with van der Waals surface area (Å²) in [6, 6.07) is 9.95. The van der Waals surface area contributed by atoms with Gasteiger partial charge in [-0.2, -0.15) is 0 Å². The zero-order chi connectivity index (χ0) is 26.1. The van der Waals surface area contributed by atoms with Crippen molar-refractivity contribution in [2.75, 3.05) is 37.0 Å². The summed E-state index contributed by atoms with van der Waals surface area (Å²) in [6.45, 7) is -0.142. The van der Waals surface area contributed by atoms with Crippen LogP contribution in [0.1, 0.15) is 5.56 Å². The van der Waals surface area contributed by atoms with Crippen LogP contribution in [-0.4, -0.2) is 72.3 Å². The fraction of sp³-hybridized carbons (Fsp3) is 0.320. The highest BCUT2D eigenvalue weighted by Gasteiger charge is 2.39. The molecule has 0 aliphatic carbocycles. The molecule has 2 aliphatic rings. The van der Waals surface area contributed by atoms with Crippen LogP contribution in [0.5, 0.6) is 11.5 Å². The number of fused-ring (bicyclic) bond motifs is 2. The molecule has 2 aliphatic heterocycles. The molecule has 0 saturated carbocycles. The van der Waals surface area contributed by atoms with Gasteiger partial charge in [0.25, 0.3) is 5.91 Å². The molecule has 194 valence electrons.